The largest absolute Gasteiger partial charge is 0.392 e. The summed E-state index contributed by atoms with van der Waals surface area (Å²) in [5.41, 5.74) is 0. The van der Waals surface area contributed by atoms with E-state index in [0.29, 0.717) is 6.04 Å². The van der Waals surface area contributed by atoms with Crippen LogP contribution >= 0.6 is 0 Å². The lowest BCUT2D eigenvalue weighted by Gasteiger charge is -2.38. The molecule has 0 amide bonds. The van der Waals surface area contributed by atoms with Crippen molar-refractivity contribution in [3.8, 4) is 0 Å². The van der Waals surface area contributed by atoms with Crippen molar-refractivity contribution in [2.75, 3.05) is 40.3 Å². The van der Waals surface area contributed by atoms with E-state index in [1.807, 2.05) is 13.8 Å². The van der Waals surface area contributed by atoms with E-state index in [9.17, 15) is 5.11 Å². The summed E-state index contributed by atoms with van der Waals surface area (Å²) in [5, 5.41) is 12.8. The van der Waals surface area contributed by atoms with Crippen LogP contribution < -0.4 is 5.32 Å². The molecule has 1 heterocycles. The molecule has 0 aromatic rings. The molecular weight excluding hydrogens is 190 g/mol. The summed E-state index contributed by atoms with van der Waals surface area (Å²) >= 11 is 0. The molecular formula is C11H25N3O. The summed E-state index contributed by atoms with van der Waals surface area (Å²) in [7, 11) is 4.34. The molecule has 0 saturated carbocycles. The molecule has 0 aliphatic carbocycles. The monoisotopic (exact) mass is 215 g/mol. The Labute approximate surface area is 93.2 Å². The Morgan fingerprint density at radius 3 is 2.60 bits per heavy atom. The van der Waals surface area contributed by atoms with Crippen LogP contribution in [0.2, 0.25) is 0 Å². The minimum atomic E-state index is -0.281. The second kappa shape index (κ2) is 5.80. The maximum Gasteiger partial charge on any atom is 0.0662 e. The summed E-state index contributed by atoms with van der Waals surface area (Å²) in [6.07, 6.45) is -0.281. The quantitative estimate of drug-likeness (QED) is 0.669. The molecule has 90 valence electrons. The van der Waals surface area contributed by atoms with Crippen LogP contribution in [-0.4, -0.2) is 73.4 Å². The van der Waals surface area contributed by atoms with Gasteiger partial charge < -0.3 is 15.3 Å². The standard InChI is InChI=1S/C11H25N3O/c1-9(10(2)15)12-7-11-8-13(3)5-6-14(11)4/h9-12,15H,5-8H2,1-4H3. The molecule has 0 aromatic carbocycles. The molecule has 1 rings (SSSR count). The smallest absolute Gasteiger partial charge is 0.0662 e. The third-order valence-electron chi connectivity index (χ3n) is 3.38. The van der Waals surface area contributed by atoms with E-state index >= 15 is 0 Å². The summed E-state index contributed by atoms with van der Waals surface area (Å²) in [5.74, 6) is 0. The van der Waals surface area contributed by atoms with Crippen LogP contribution in [0, 0.1) is 0 Å². The maximum atomic E-state index is 9.38. The highest BCUT2D eigenvalue weighted by atomic mass is 16.3. The number of hydrogen-bond acceptors (Lipinski definition) is 4. The van der Waals surface area contributed by atoms with Gasteiger partial charge in [0.2, 0.25) is 0 Å². The van der Waals surface area contributed by atoms with E-state index in [0.717, 1.165) is 26.2 Å². The molecule has 2 N–H and O–H groups in total. The second-order valence-electron chi connectivity index (χ2n) is 4.83. The van der Waals surface area contributed by atoms with Crippen molar-refractivity contribution in [1.82, 2.24) is 15.1 Å². The van der Waals surface area contributed by atoms with Gasteiger partial charge in [-0.3, -0.25) is 4.90 Å². The van der Waals surface area contributed by atoms with Crippen LogP contribution in [0.1, 0.15) is 13.8 Å². The highest BCUT2D eigenvalue weighted by molar-refractivity contribution is 4.81. The number of piperazine rings is 1. The molecule has 4 nitrogen and oxygen atoms in total. The molecule has 0 aromatic heterocycles. The van der Waals surface area contributed by atoms with Crippen molar-refractivity contribution < 1.29 is 5.11 Å². The fourth-order valence-corrected chi connectivity index (χ4v) is 1.81. The Morgan fingerprint density at radius 1 is 1.33 bits per heavy atom. The van der Waals surface area contributed by atoms with Gasteiger partial charge >= 0.3 is 0 Å². The van der Waals surface area contributed by atoms with Crippen LogP contribution in [-0.2, 0) is 0 Å². The van der Waals surface area contributed by atoms with Gasteiger partial charge in [-0.1, -0.05) is 0 Å². The zero-order valence-corrected chi connectivity index (χ0v) is 10.4. The molecule has 3 unspecified atom stereocenters. The van der Waals surface area contributed by atoms with Crippen molar-refractivity contribution in [1.29, 1.82) is 0 Å². The fraction of sp³-hybridized carbons (Fsp3) is 1.00. The highest BCUT2D eigenvalue weighted by Crippen LogP contribution is 2.05. The van der Waals surface area contributed by atoms with Crippen LogP contribution in [0.3, 0.4) is 0 Å². The van der Waals surface area contributed by atoms with E-state index < -0.39 is 0 Å². The van der Waals surface area contributed by atoms with Crippen molar-refractivity contribution in [3.63, 3.8) is 0 Å². The molecule has 15 heavy (non-hydrogen) atoms. The summed E-state index contributed by atoms with van der Waals surface area (Å²) in [6.45, 7) is 8.19. The number of hydrogen-bond donors (Lipinski definition) is 2. The number of aliphatic hydroxyl groups is 1. The third-order valence-corrected chi connectivity index (χ3v) is 3.38. The van der Waals surface area contributed by atoms with Crippen molar-refractivity contribution in [2.24, 2.45) is 0 Å². The molecule has 1 saturated heterocycles. The van der Waals surface area contributed by atoms with Crippen LogP contribution in [0.25, 0.3) is 0 Å². The minimum absolute atomic E-state index is 0.172. The second-order valence-corrected chi connectivity index (χ2v) is 4.83. The first kappa shape index (κ1) is 12.9. The topological polar surface area (TPSA) is 38.7 Å². The predicted molar refractivity (Wildman–Crippen MR) is 63.1 cm³/mol. The van der Waals surface area contributed by atoms with Gasteiger partial charge in [0.1, 0.15) is 0 Å². The lowest BCUT2D eigenvalue weighted by molar-refractivity contribution is 0.100. The lowest BCUT2D eigenvalue weighted by Crippen LogP contribution is -2.55. The van der Waals surface area contributed by atoms with Gasteiger partial charge in [0.15, 0.2) is 0 Å². The van der Waals surface area contributed by atoms with Crippen molar-refractivity contribution in [2.45, 2.75) is 32.0 Å². The van der Waals surface area contributed by atoms with E-state index in [-0.39, 0.29) is 12.1 Å². The van der Waals surface area contributed by atoms with Gasteiger partial charge in [0.25, 0.3) is 0 Å². The molecule has 0 radical (unpaired) electrons. The van der Waals surface area contributed by atoms with Crippen molar-refractivity contribution >= 4 is 0 Å². The van der Waals surface area contributed by atoms with E-state index in [1.54, 1.807) is 0 Å². The average Bonchev–Trinajstić information content (AvgIpc) is 2.18. The molecule has 4 heteroatoms. The zero-order valence-electron chi connectivity index (χ0n) is 10.4. The zero-order chi connectivity index (χ0) is 11.4. The van der Waals surface area contributed by atoms with E-state index in [1.165, 1.54) is 0 Å². The Balaban J connectivity index is 2.30. The number of nitrogens with zero attached hydrogens (tertiary/aromatic N) is 2. The normalized spacial score (nSPS) is 29.0. The molecule has 1 aliphatic rings. The van der Waals surface area contributed by atoms with E-state index in [2.05, 4.69) is 29.2 Å². The number of aliphatic hydroxyl groups excluding tert-OH is 1. The molecule has 0 spiro atoms. The predicted octanol–water partition coefficient (Wildman–Crippen LogP) is -0.409. The molecule has 1 fully saturated rings. The number of rotatable bonds is 4. The van der Waals surface area contributed by atoms with Gasteiger partial charge in [0.05, 0.1) is 6.10 Å². The Kier molecular flexibility index (Phi) is 4.99. The first-order chi connectivity index (χ1) is 7.00. The number of likely N-dealkylation sites (N-methyl/N-ethyl adjacent to an activating group) is 2. The summed E-state index contributed by atoms with van der Waals surface area (Å²) < 4.78 is 0. The van der Waals surface area contributed by atoms with Gasteiger partial charge in [0, 0.05) is 38.3 Å². The Hall–Kier alpha value is -0.160. The molecule has 3 atom stereocenters. The molecule has 1 aliphatic heterocycles. The van der Waals surface area contributed by atoms with Gasteiger partial charge in [-0.05, 0) is 27.9 Å². The number of nitrogens with one attached hydrogen (secondary N) is 1. The van der Waals surface area contributed by atoms with Crippen LogP contribution in [0.4, 0.5) is 0 Å². The first-order valence-electron chi connectivity index (χ1n) is 5.81. The SMILES string of the molecule is CC(O)C(C)NCC1CN(C)CCN1C. The summed E-state index contributed by atoms with van der Waals surface area (Å²) in [6, 6.07) is 0.732. The Bertz CT molecular complexity index is 187. The lowest BCUT2D eigenvalue weighted by atomic mass is 10.1. The summed E-state index contributed by atoms with van der Waals surface area (Å²) in [4.78, 5) is 4.75. The van der Waals surface area contributed by atoms with Crippen molar-refractivity contribution in [3.05, 3.63) is 0 Å². The average molecular weight is 215 g/mol. The fourth-order valence-electron chi connectivity index (χ4n) is 1.81. The minimum Gasteiger partial charge on any atom is -0.392 e. The highest BCUT2D eigenvalue weighted by Gasteiger charge is 2.22. The molecule has 0 bridgehead atoms. The van der Waals surface area contributed by atoms with Crippen LogP contribution in [0.15, 0.2) is 0 Å². The van der Waals surface area contributed by atoms with E-state index in [4.69, 9.17) is 0 Å². The van der Waals surface area contributed by atoms with Crippen LogP contribution in [0.5, 0.6) is 0 Å². The third kappa shape index (κ3) is 4.07. The van der Waals surface area contributed by atoms with Gasteiger partial charge in [-0.25, -0.2) is 0 Å². The van der Waals surface area contributed by atoms with Gasteiger partial charge in [-0.2, -0.15) is 0 Å². The first-order valence-corrected chi connectivity index (χ1v) is 5.81. The maximum absolute atomic E-state index is 9.38. The Morgan fingerprint density at radius 2 is 2.00 bits per heavy atom. The van der Waals surface area contributed by atoms with Gasteiger partial charge in [-0.15, -0.1) is 0 Å².